The highest BCUT2D eigenvalue weighted by Crippen LogP contribution is 2.26. The van der Waals surface area contributed by atoms with E-state index >= 15 is 0 Å². The van der Waals surface area contributed by atoms with Gasteiger partial charge < -0.3 is 31.7 Å². The van der Waals surface area contributed by atoms with Crippen LogP contribution >= 0.6 is 58.0 Å². The molecule has 0 bridgehead atoms. The second-order valence-corrected chi connectivity index (χ2v) is 11.4. The fraction of sp³-hybridized carbons (Fsp3) is 0.214. The minimum Gasteiger partial charge on any atom is -0.378 e. The van der Waals surface area contributed by atoms with E-state index in [0.717, 1.165) is 24.6 Å². The van der Waals surface area contributed by atoms with E-state index < -0.39 is 0 Å². The molecule has 0 amide bonds. The molecule has 0 aliphatic carbocycles. The van der Waals surface area contributed by atoms with Crippen molar-refractivity contribution in [2.45, 2.75) is 13.8 Å². The number of anilines is 3. The number of rotatable bonds is 5. The summed E-state index contributed by atoms with van der Waals surface area (Å²) in [6.45, 7) is 6.63. The molecule has 4 aromatic rings. The van der Waals surface area contributed by atoms with Gasteiger partial charge in [-0.2, -0.15) is 20.0 Å². The summed E-state index contributed by atoms with van der Waals surface area (Å²) in [5.41, 5.74) is 14.6. The monoisotopic (exact) mass is 709 g/mol. The van der Waals surface area contributed by atoms with Crippen LogP contribution in [0.1, 0.15) is 11.4 Å². The van der Waals surface area contributed by atoms with Gasteiger partial charge >= 0.3 is 0 Å². The molecule has 1 aliphatic heterocycles. The van der Waals surface area contributed by atoms with Crippen molar-refractivity contribution in [1.29, 1.82) is 0 Å². The highest BCUT2D eigenvalue weighted by atomic mass is 35.5. The second-order valence-electron chi connectivity index (χ2n) is 9.40. The molecule has 45 heavy (non-hydrogen) atoms. The van der Waals surface area contributed by atoms with Crippen LogP contribution in [0.25, 0.3) is 0 Å². The molecule has 12 nitrogen and oxygen atoms in total. The molecular weight excluding hydrogens is 684 g/mol. The number of nitrogens with zero attached hydrogens (tertiary/aromatic N) is 7. The van der Waals surface area contributed by atoms with Crippen LogP contribution < -0.4 is 27.0 Å². The standard InChI is InChI=1S/C16H18Cl2N6O.C12H10Cl3N5/c1-10-8-14(24-4-6-25-7-5-24)22-16(20-10)23-15(19)21-11-2-3-12(17)13(18)9-11;1-6-4-10(15)19-12(17-6)20-11(16)18-7-2-3-8(13)9(14)5-7/h2-3,8-9H,4-7H2,1H3,(H3,19,20,21,22,23);2-5H,1H3,(H3,16,17,18,19,20). The molecule has 5 rings (SSSR count). The average Bonchev–Trinajstić information content (AvgIpc) is 2.97. The van der Waals surface area contributed by atoms with Gasteiger partial charge in [0, 0.05) is 41.9 Å². The number of guanidine groups is 2. The number of ether oxygens (including phenoxy) is 1. The lowest BCUT2D eigenvalue weighted by Crippen LogP contribution is -2.36. The predicted molar refractivity (Wildman–Crippen MR) is 184 cm³/mol. The second kappa shape index (κ2) is 16.1. The molecule has 6 N–H and O–H groups in total. The molecular formula is C28H28Cl5N11O. The third-order valence-corrected chi connectivity index (χ3v) is 7.47. The normalized spacial score (nSPS) is 13.6. The lowest BCUT2D eigenvalue weighted by atomic mass is 10.3. The maximum atomic E-state index is 5.99. The van der Waals surface area contributed by atoms with Crippen LogP contribution in [0.5, 0.6) is 0 Å². The van der Waals surface area contributed by atoms with E-state index in [1.807, 2.05) is 13.0 Å². The minimum atomic E-state index is 0.116. The van der Waals surface area contributed by atoms with Crippen LogP contribution in [0.4, 0.5) is 29.1 Å². The topological polar surface area (TPSA) is 165 Å². The molecule has 0 spiro atoms. The van der Waals surface area contributed by atoms with Crippen LogP contribution in [-0.2, 0) is 4.74 Å². The molecule has 3 heterocycles. The van der Waals surface area contributed by atoms with Crippen molar-refractivity contribution in [2.75, 3.05) is 41.8 Å². The quantitative estimate of drug-likeness (QED) is 0.0984. The zero-order chi connectivity index (χ0) is 32.5. The third-order valence-electron chi connectivity index (χ3n) is 5.80. The van der Waals surface area contributed by atoms with Crippen LogP contribution in [0.3, 0.4) is 0 Å². The molecule has 0 unspecified atom stereocenters. The first kappa shape index (κ1) is 34.2. The Hall–Kier alpha value is -3.65. The Kier molecular flexibility index (Phi) is 12.2. The SMILES string of the molecule is Cc1cc(Cl)nc(N=C(N)Nc2ccc(Cl)c(Cl)c2)n1.Cc1cc(N2CCOCC2)nc(N=C(N)Nc2ccc(Cl)c(Cl)c2)n1. The van der Waals surface area contributed by atoms with Crippen molar-refractivity contribution in [2.24, 2.45) is 21.5 Å². The number of halogens is 5. The highest BCUT2D eigenvalue weighted by Gasteiger charge is 2.14. The first-order valence-electron chi connectivity index (χ1n) is 13.3. The third kappa shape index (κ3) is 10.7. The van der Waals surface area contributed by atoms with E-state index in [0.29, 0.717) is 61.5 Å². The first-order valence-corrected chi connectivity index (χ1v) is 15.2. The van der Waals surface area contributed by atoms with Crippen LogP contribution in [0.2, 0.25) is 25.2 Å². The number of morpholine rings is 1. The Morgan fingerprint density at radius 3 is 1.67 bits per heavy atom. The molecule has 17 heteroatoms. The number of aromatic nitrogens is 4. The van der Waals surface area contributed by atoms with Gasteiger partial charge in [-0.3, -0.25) is 0 Å². The van der Waals surface area contributed by atoms with Crippen molar-refractivity contribution >= 4 is 99.0 Å². The fourth-order valence-electron chi connectivity index (χ4n) is 3.82. The minimum absolute atomic E-state index is 0.116. The number of nitrogens with two attached hydrogens (primary N) is 2. The Morgan fingerprint density at radius 2 is 1.18 bits per heavy atom. The Labute approximate surface area is 284 Å². The molecule has 236 valence electrons. The van der Waals surface area contributed by atoms with Crippen molar-refractivity contribution < 1.29 is 4.74 Å². The molecule has 1 fully saturated rings. The smallest absolute Gasteiger partial charge is 0.254 e. The van der Waals surface area contributed by atoms with Crippen LogP contribution in [-0.4, -0.2) is 58.2 Å². The van der Waals surface area contributed by atoms with E-state index in [2.05, 4.69) is 45.5 Å². The number of hydrogen-bond donors (Lipinski definition) is 4. The molecule has 0 radical (unpaired) electrons. The van der Waals surface area contributed by atoms with Gasteiger partial charge in [0.05, 0.1) is 33.3 Å². The van der Waals surface area contributed by atoms with Gasteiger partial charge in [0.1, 0.15) is 11.0 Å². The van der Waals surface area contributed by atoms with Crippen LogP contribution in [0, 0.1) is 13.8 Å². The number of aliphatic imine (C=N–C) groups is 2. The summed E-state index contributed by atoms with van der Waals surface area (Å²) in [5, 5.41) is 7.89. The Bertz CT molecular complexity index is 1690. The van der Waals surface area contributed by atoms with Crippen molar-refractivity contribution in [3.05, 3.63) is 85.2 Å². The van der Waals surface area contributed by atoms with Gasteiger partial charge in [0.2, 0.25) is 11.9 Å². The lowest BCUT2D eigenvalue weighted by molar-refractivity contribution is 0.122. The zero-order valence-electron chi connectivity index (χ0n) is 24.0. The summed E-state index contributed by atoms with van der Waals surface area (Å²) >= 11 is 29.4. The Balaban J connectivity index is 0.000000210. The van der Waals surface area contributed by atoms with Gasteiger partial charge in [-0.15, -0.1) is 0 Å². The summed E-state index contributed by atoms with van der Waals surface area (Å²) in [6, 6.07) is 13.7. The largest absolute Gasteiger partial charge is 0.378 e. The lowest BCUT2D eigenvalue weighted by Gasteiger charge is -2.27. The van der Waals surface area contributed by atoms with Crippen molar-refractivity contribution in [3.8, 4) is 0 Å². The number of benzene rings is 2. The van der Waals surface area contributed by atoms with Gasteiger partial charge in [0.25, 0.3) is 11.9 Å². The summed E-state index contributed by atoms with van der Waals surface area (Å²) < 4.78 is 5.37. The fourth-order valence-corrected chi connectivity index (χ4v) is 4.65. The number of nitrogens with one attached hydrogen (secondary N) is 2. The number of hydrogen-bond acceptors (Lipinski definition) is 8. The molecule has 2 aromatic carbocycles. The van der Waals surface area contributed by atoms with Gasteiger partial charge in [0.15, 0.2) is 0 Å². The Morgan fingerprint density at radius 1 is 0.689 bits per heavy atom. The van der Waals surface area contributed by atoms with Crippen LogP contribution in [0.15, 0.2) is 58.5 Å². The number of aryl methyl sites for hydroxylation is 2. The van der Waals surface area contributed by atoms with Gasteiger partial charge in [-0.05, 0) is 56.3 Å². The average molecular weight is 712 g/mol. The molecule has 2 aromatic heterocycles. The summed E-state index contributed by atoms with van der Waals surface area (Å²) in [6.07, 6.45) is 0. The van der Waals surface area contributed by atoms with Gasteiger partial charge in [-0.1, -0.05) is 58.0 Å². The highest BCUT2D eigenvalue weighted by molar-refractivity contribution is 6.42. The summed E-state index contributed by atoms with van der Waals surface area (Å²) in [4.78, 5) is 27.3. The maximum absolute atomic E-state index is 5.99. The first-order chi connectivity index (χ1) is 21.4. The maximum Gasteiger partial charge on any atom is 0.254 e. The zero-order valence-corrected chi connectivity index (χ0v) is 27.8. The predicted octanol–water partition coefficient (Wildman–Crippen LogP) is 6.79. The molecule has 0 atom stereocenters. The summed E-state index contributed by atoms with van der Waals surface area (Å²) in [7, 11) is 0. The molecule has 1 saturated heterocycles. The van der Waals surface area contributed by atoms with E-state index in [4.69, 9.17) is 74.2 Å². The van der Waals surface area contributed by atoms with Crippen molar-refractivity contribution in [3.63, 3.8) is 0 Å². The van der Waals surface area contributed by atoms with Crippen molar-refractivity contribution in [1.82, 2.24) is 19.9 Å². The molecule has 0 saturated carbocycles. The van der Waals surface area contributed by atoms with E-state index in [9.17, 15) is 0 Å². The van der Waals surface area contributed by atoms with E-state index in [1.54, 1.807) is 49.4 Å². The van der Waals surface area contributed by atoms with E-state index in [-0.39, 0.29) is 17.9 Å². The van der Waals surface area contributed by atoms with E-state index in [1.165, 1.54) is 0 Å². The molecule has 1 aliphatic rings. The van der Waals surface area contributed by atoms with Gasteiger partial charge in [-0.25, -0.2) is 9.97 Å². The summed E-state index contributed by atoms with van der Waals surface area (Å²) in [5.74, 6) is 1.57.